The molecule has 0 saturated carbocycles. The number of aliphatic hydroxyl groups is 1. The fourth-order valence-corrected chi connectivity index (χ4v) is 1.87. The lowest BCUT2D eigenvalue weighted by atomic mass is 9.91. The van der Waals surface area contributed by atoms with Crippen molar-refractivity contribution in [3.8, 4) is 0 Å². The van der Waals surface area contributed by atoms with Crippen molar-refractivity contribution in [2.75, 3.05) is 13.2 Å². The van der Waals surface area contributed by atoms with Gasteiger partial charge in [0.25, 0.3) is 0 Å². The smallest absolute Gasteiger partial charge is 0.186 e. The number of ketones is 1. The van der Waals surface area contributed by atoms with Gasteiger partial charge in [0.15, 0.2) is 5.78 Å². The third-order valence-electron chi connectivity index (χ3n) is 4.11. The molecular weight excluding hydrogens is 282 g/mol. The third-order valence-corrected chi connectivity index (χ3v) is 4.11. The average Bonchev–Trinajstić information content (AvgIpc) is 2.41. The summed E-state index contributed by atoms with van der Waals surface area (Å²) in [5, 5.41) is 9.47. The van der Waals surface area contributed by atoms with Crippen molar-refractivity contribution in [1.29, 1.82) is 0 Å². The number of hydrogen-bond donors (Lipinski definition) is 2. The van der Waals surface area contributed by atoms with Gasteiger partial charge >= 0.3 is 0 Å². The highest BCUT2D eigenvalue weighted by molar-refractivity contribution is 5.95. The average molecular weight is 315 g/mol. The molecule has 0 bridgehead atoms. The highest BCUT2D eigenvalue weighted by Crippen LogP contribution is 2.21. The lowest BCUT2D eigenvalue weighted by Gasteiger charge is -2.30. The molecule has 130 valence electrons. The van der Waals surface area contributed by atoms with E-state index in [1.54, 1.807) is 20.8 Å². The molecule has 0 amide bonds. The topological polar surface area (TPSA) is 81.8 Å². The molecule has 0 aliphatic heterocycles. The summed E-state index contributed by atoms with van der Waals surface area (Å²) in [6, 6.07) is 0. The monoisotopic (exact) mass is 315 g/mol. The summed E-state index contributed by atoms with van der Waals surface area (Å²) in [6.07, 6.45) is 1.69. The van der Waals surface area contributed by atoms with Crippen molar-refractivity contribution in [1.82, 2.24) is 0 Å². The molecule has 0 aliphatic rings. The number of carbonyl (C=O) groups excluding carboxylic acids is 1. The van der Waals surface area contributed by atoms with Crippen LogP contribution >= 0.6 is 0 Å². The van der Waals surface area contributed by atoms with Crippen molar-refractivity contribution >= 4 is 5.78 Å². The van der Waals surface area contributed by atoms with Gasteiger partial charge in [-0.2, -0.15) is 0 Å². The summed E-state index contributed by atoms with van der Waals surface area (Å²) in [7, 11) is 0. The SMILES string of the molecule is C=CC(=O)C(C)(C)OCC(C)C(C)C(C)OCCC(C)(N)O. The van der Waals surface area contributed by atoms with Gasteiger partial charge in [0.05, 0.1) is 19.3 Å². The molecule has 0 aromatic carbocycles. The molecule has 0 fully saturated rings. The minimum absolute atomic E-state index is 0.0131. The molecule has 0 aromatic heterocycles. The second-order valence-corrected chi connectivity index (χ2v) is 6.91. The van der Waals surface area contributed by atoms with Crippen molar-refractivity contribution in [2.24, 2.45) is 17.6 Å². The van der Waals surface area contributed by atoms with E-state index < -0.39 is 11.3 Å². The van der Waals surface area contributed by atoms with Crippen molar-refractivity contribution in [2.45, 2.75) is 65.4 Å². The molecule has 0 heterocycles. The standard InChI is InChI=1S/C17H33NO4/c1-8-15(19)16(5,6)22-11-12(2)13(3)14(4)21-10-9-17(7,18)20/h8,12-14,20H,1,9-11,18H2,2-7H3. The molecular formula is C17H33NO4. The van der Waals surface area contributed by atoms with Crippen LogP contribution in [0.15, 0.2) is 12.7 Å². The van der Waals surface area contributed by atoms with Gasteiger partial charge in [0.2, 0.25) is 0 Å². The van der Waals surface area contributed by atoms with Crippen LogP contribution in [0.4, 0.5) is 0 Å². The Morgan fingerprint density at radius 3 is 2.32 bits per heavy atom. The van der Waals surface area contributed by atoms with E-state index in [1.165, 1.54) is 6.08 Å². The Kier molecular flexibility index (Phi) is 8.47. The summed E-state index contributed by atoms with van der Waals surface area (Å²) in [4.78, 5) is 11.7. The van der Waals surface area contributed by atoms with Gasteiger partial charge in [0.1, 0.15) is 11.3 Å². The minimum atomic E-state index is -1.20. The van der Waals surface area contributed by atoms with E-state index in [4.69, 9.17) is 15.2 Å². The fourth-order valence-electron chi connectivity index (χ4n) is 1.87. The zero-order valence-electron chi connectivity index (χ0n) is 14.9. The van der Waals surface area contributed by atoms with Gasteiger partial charge in [-0.25, -0.2) is 0 Å². The second-order valence-electron chi connectivity index (χ2n) is 6.91. The molecule has 5 nitrogen and oxygen atoms in total. The van der Waals surface area contributed by atoms with Gasteiger partial charge in [-0.05, 0) is 45.6 Å². The first kappa shape index (κ1) is 21.2. The van der Waals surface area contributed by atoms with Crippen molar-refractivity contribution in [3.05, 3.63) is 12.7 Å². The molecule has 0 saturated heterocycles. The minimum Gasteiger partial charge on any atom is -0.378 e. The lowest BCUT2D eigenvalue weighted by molar-refractivity contribution is -0.138. The number of carbonyl (C=O) groups is 1. The highest BCUT2D eigenvalue weighted by atomic mass is 16.5. The summed E-state index contributed by atoms with van der Waals surface area (Å²) >= 11 is 0. The summed E-state index contributed by atoms with van der Waals surface area (Å²) in [5.74, 6) is 0.351. The van der Waals surface area contributed by atoms with Gasteiger partial charge in [0, 0.05) is 6.42 Å². The summed E-state index contributed by atoms with van der Waals surface area (Å²) in [5.41, 5.74) is 3.46. The predicted octanol–water partition coefficient (Wildman–Crippen LogP) is 2.27. The van der Waals surface area contributed by atoms with E-state index in [0.29, 0.717) is 19.6 Å². The number of nitrogens with two attached hydrogens (primary N) is 1. The fraction of sp³-hybridized carbons (Fsp3) is 0.824. The Labute approximate surface area is 134 Å². The molecule has 4 atom stereocenters. The molecule has 3 N–H and O–H groups in total. The maximum atomic E-state index is 11.7. The van der Waals surface area contributed by atoms with E-state index in [1.807, 2.05) is 6.92 Å². The van der Waals surface area contributed by atoms with Crippen LogP contribution in [0, 0.1) is 11.8 Å². The van der Waals surface area contributed by atoms with Crippen LogP contribution in [-0.2, 0) is 14.3 Å². The van der Waals surface area contributed by atoms with E-state index in [9.17, 15) is 9.90 Å². The van der Waals surface area contributed by atoms with Gasteiger partial charge < -0.3 is 20.3 Å². The maximum Gasteiger partial charge on any atom is 0.186 e. The largest absolute Gasteiger partial charge is 0.378 e. The summed E-state index contributed by atoms with van der Waals surface area (Å²) < 4.78 is 11.5. The van der Waals surface area contributed by atoms with Gasteiger partial charge in [-0.15, -0.1) is 0 Å². The normalized spacial score (nSPS) is 19.1. The first-order valence-corrected chi connectivity index (χ1v) is 7.84. The van der Waals surface area contributed by atoms with Gasteiger partial charge in [-0.3, -0.25) is 4.79 Å². The Hall–Kier alpha value is -0.750. The molecule has 22 heavy (non-hydrogen) atoms. The Morgan fingerprint density at radius 1 is 1.32 bits per heavy atom. The Balaban J connectivity index is 4.27. The van der Waals surface area contributed by atoms with Crippen molar-refractivity contribution in [3.63, 3.8) is 0 Å². The van der Waals surface area contributed by atoms with Crippen LogP contribution in [0.1, 0.15) is 48.0 Å². The highest BCUT2D eigenvalue weighted by Gasteiger charge is 2.28. The molecule has 0 radical (unpaired) electrons. The molecule has 0 rings (SSSR count). The lowest BCUT2D eigenvalue weighted by Crippen LogP contribution is -2.38. The summed E-state index contributed by atoms with van der Waals surface area (Å²) in [6.45, 7) is 15.6. The zero-order valence-corrected chi connectivity index (χ0v) is 14.9. The Morgan fingerprint density at radius 2 is 1.86 bits per heavy atom. The first-order chi connectivity index (χ1) is 9.90. The predicted molar refractivity (Wildman–Crippen MR) is 88.4 cm³/mol. The zero-order chi connectivity index (χ0) is 17.6. The van der Waals surface area contributed by atoms with E-state index in [0.717, 1.165) is 0 Å². The molecule has 0 aliphatic carbocycles. The Bertz CT molecular complexity index is 360. The number of hydrogen-bond acceptors (Lipinski definition) is 5. The van der Waals surface area contributed by atoms with Crippen LogP contribution in [0.25, 0.3) is 0 Å². The van der Waals surface area contributed by atoms with E-state index in [-0.39, 0.29) is 23.7 Å². The number of rotatable bonds is 11. The van der Waals surface area contributed by atoms with E-state index >= 15 is 0 Å². The molecule has 0 aromatic rings. The second kappa shape index (κ2) is 8.77. The van der Waals surface area contributed by atoms with Crippen LogP contribution in [0.2, 0.25) is 0 Å². The van der Waals surface area contributed by atoms with Crippen LogP contribution in [0.5, 0.6) is 0 Å². The molecule has 5 heteroatoms. The van der Waals surface area contributed by atoms with Crippen LogP contribution < -0.4 is 5.73 Å². The van der Waals surface area contributed by atoms with Crippen LogP contribution in [-0.4, -0.2) is 41.5 Å². The first-order valence-electron chi connectivity index (χ1n) is 7.84. The maximum absolute atomic E-state index is 11.7. The molecule has 0 spiro atoms. The molecule has 4 unspecified atom stereocenters. The van der Waals surface area contributed by atoms with Crippen molar-refractivity contribution < 1.29 is 19.4 Å². The van der Waals surface area contributed by atoms with Crippen LogP contribution in [0.3, 0.4) is 0 Å². The van der Waals surface area contributed by atoms with Gasteiger partial charge in [-0.1, -0.05) is 20.4 Å². The quantitative estimate of drug-likeness (QED) is 0.451. The number of ether oxygens (including phenoxy) is 2. The van der Waals surface area contributed by atoms with E-state index in [2.05, 4.69) is 20.4 Å². The third kappa shape index (κ3) is 8.03.